The number of thiophene rings is 1. The van der Waals surface area contributed by atoms with E-state index in [1.54, 1.807) is 11.3 Å². The first-order chi connectivity index (χ1) is 8.72. The van der Waals surface area contributed by atoms with Gasteiger partial charge in [0.25, 0.3) is 5.56 Å². The molecule has 0 aromatic carbocycles. The van der Waals surface area contributed by atoms with Crippen LogP contribution in [0.25, 0.3) is 0 Å². The summed E-state index contributed by atoms with van der Waals surface area (Å²) in [6, 6.07) is 3.64. The van der Waals surface area contributed by atoms with E-state index < -0.39 is 0 Å². The molecule has 96 valence electrons. The topological polar surface area (TPSA) is 57.8 Å². The number of H-pyrrole nitrogens is 1. The molecule has 0 aliphatic carbocycles. The van der Waals surface area contributed by atoms with Gasteiger partial charge < -0.3 is 10.3 Å². The van der Waals surface area contributed by atoms with Crippen LogP contribution in [0.5, 0.6) is 0 Å². The zero-order chi connectivity index (χ0) is 13.0. The van der Waals surface area contributed by atoms with Gasteiger partial charge in [0, 0.05) is 17.4 Å². The summed E-state index contributed by atoms with van der Waals surface area (Å²) >= 11 is 1.73. The monoisotopic (exact) mass is 263 g/mol. The zero-order valence-electron chi connectivity index (χ0n) is 10.6. The van der Waals surface area contributed by atoms with Gasteiger partial charge in [0.2, 0.25) is 0 Å². The Balaban J connectivity index is 2.10. The Morgan fingerprint density at radius 2 is 2.22 bits per heavy atom. The Hall–Kier alpha value is -1.62. The summed E-state index contributed by atoms with van der Waals surface area (Å²) in [4.78, 5) is 19.8. The first-order valence-electron chi connectivity index (χ1n) is 6.12. The molecule has 0 spiro atoms. The Morgan fingerprint density at radius 3 is 2.94 bits per heavy atom. The van der Waals surface area contributed by atoms with Gasteiger partial charge in [-0.05, 0) is 23.4 Å². The molecule has 4 nitrogen and oxygen atoms in total. The molecule has 0 fully saturated rings. The van der Waals surface area contributed by atoms with Gasteiger partial charge in [0.1, 0.15) is 11.6 Å². The molecule has 0 saturated carbocycles. The van der Waals surface area contributed by atoms with E-state index in [1.807, 2.05) is 6.92 Å². The minimum atomic E-state index is -0.105. The summed E-state index contributed by atoms with van der Waals surface area (Å²) in [5.41, 5.74) is 1.25. The highest BCUT2D eigenvalue weighted by Gasteiger charge is 2.04. The summed E-state index contributed by atoms with van der Waals surface area (Å²) in [5, 5.41) is 5.31. The van der Waals surface area contributed by atoms with Crippen LogP contribution in [0, 0.1) is 0 Å². The quantitative estimate of drug-likeness (QED) is 0.871. The number of nitrogens with zero attached hydrogens (tertiary/aromatic N) is 1. The van der Waals surface area contributed by atoms with Gasteiger partial charge >= 0.3 is 0 Å². The van der Waals surface area contributed by atoms with Crippen molar-refractivity contribution in [2.24, 2.45) is 0 Å². The number of hydrogen-bond donors (Lipinski definition) is 2. The minimum Gasteiger partial charge on any atom is -0.365 e. The van der Waals surface area contributed by atoms with E-state index in [4.69, 9.17) is 0 Å². The van der Waals surface area contributed by atoms with Crippen molar-refractivity contribution in [1.82, 2.24) is 9.97 Å². The molecule has 2 aromatic rings. The Bertz CT molecular complexity index is 574. The van der Waals surface area contributed by atoms with Crippen LogP contribution in [0.4, 0.5) is 5.82 Å². The highest BCUT2D eigenvalue weighted by atomic mass is 32.1. The zero-order valence-corrected chi connectivity index (χ0v) is 11.4. The van der Waals surface area contributed by atoms with Gasteiger partial charge in [-0.3, -0.25) is 4.79 Å². The smallest absolute Gasteiger partial charge is 0.252 e. The van der Waals surface area contributed by atoms with Crippen LogP contribution in [0.2, 0.25) is 0 Å². The van der Waals surface area contributed by atoms with Gasteiger partial charge in [0.15, 0.2) is 0 Å². The highest BCUT2D eigenvalue weighted by Crippen LogP contribution is 2.18. The molecule has 2 aromatic heterocycles. The molecular formula is C13H17N3OS. The maximum Gasteiger partial charge on any atom is 0.252 e. The fourth-order valence-electron chi connectivity index (χ4n) is 1.77. The van der Waals surface area contributed by atoms with E-state index in [1.165, 1.54) is 16.5 Å². The molecule has 2 rings (SSSR count). The Labute approximate surface area is 110 Å². The largest absolute Gasteiger partial charge is 0.365 e. The van der Waals surface area contributed by atoms with Crippen molar-refractivity contribution in [3.8, 4) is 0 Å². The van der Waals surface area contributed by atoms with Crippen LogP contribution >= 0.6 is 11.3 Å². The molecule has 0 atom stereocenters. The number of rotatable bonds is 5. The molecule has 0 radical (unpaired) electrons. The second-order valence-electron chi connectivity index (χ2n) is 4.01. The lowest BCUT2D eigenvalue weighted by Gasteiger charge is -2.06. The van der Waals surface area contributed by atoms with Crippen LogP contribution in [-0.4, -0.2) is 9.97 Å². The van der Waals surface area contributed by atoms with Crippen molar-refractivity contribution >= 4 is 17.2 Å². The molecule has 0 saturated heterocycles. The van der Waals surface area contributed by atoms with E-state index in [0.717, 1.165) is 19.4 Å². The first-order valence-corrected chi connectivity index (χ1v) is 7.00. The number of aryl methyl sites for hydroxylation is 2. The molecule has 5 heteroatoms. The first kappa shape index (κ1) is 12.8. The molecule has 0 unspecified atom stereocenters. The van der Waals surface area contributed by atoms with Gasteiger partial charge in [-0.1, -0.05) is 13.8 Å². The van der Waals surface area contributed by atoms with Crippen molar-refractivity contribution < 1.29 is 0 Å². The second-order valence-corrected chi connectivity index (χ2v) is 5.01. The third-order valence-corrected chi connectivity index (χ3v) is 3.74. The summed E-state index contributed by atoms with van der Waals surface area (Å²) in [6.45, 7) is 4.84. The summed E-state index contributed by atoms with van der Waals surface area (Å²) in [7, 11) is 0. The lowest BCUT2D eigenvalue weighted by molar-refractivity contribution is 0.914. The number of anilines is 1. The lowest BCUT2D eigenvalue weighted by atomic mass is 10.2. The number of aromatic nitrogens is 2. The second kappa shape index (κ2) is 5.82. The van der Waals surface area contributed by atoms with Crippen LogP contribution in [0.15, 0.2) is 22.3 Å². The predicted octanol–water partition coefficient (Wildman–Crippen LogP) is 2.57. The number of aromatic amines is 1. The maximum absolute atomic E-state index is 11.4. The fraction of sp³-hybridized carbons (Fsp3) is 0.385. The normalized spacial score (nSPS) is 10.6. The standard InChI is InChI=1S/C13H17N3OS/c1-3-9-5-6-18-10(9)8-14-12-7-13(17)16-11(4-2)15-12/h5-7H,3-4,8H2,1-2H3,(H2,14,15,16,17). The highest BCUT2D eigenvalue weighted by molar-refractivity contribution is 7.10. The molecule has 0 bridgehead atoms. The summed E-state index contributed by atoms with van der Waals surface area (Å²) in [6.07, 6.45) is 1.76. The van der Waals surface area contributed by atoms with Crippen molar-refractivity contribution in [2.75, 3.05) is 5.32 Å². The average molecular weight is 263 g/mol. The van der Waals surface area contributed by atoms with Crippen LogP contribution in [0.1, 0.15) is 30.1 Å². The van der Waals surface area contributed by atoms with E-state index >= 15 is 0 Å². The number of nitrogens with one attached hydrogen (secondary N) is 2. The van der Waals surface area contributed by atoms with E-state index in [0.29, 0.717) is 11.6 Å². The van der Waals surface area contributed by atoms with E-state index in [-0.39, 0.29) is 5.56 Å². The van der Waals surface area contributed by atoms with Crippen molar-refractivity contribution in [1.29, 1.82) is 0 Å². The molecular weight excluding hydrogens is 246 g/mol. The summed E-state index contributed by atoms with van der Waals surface area (Å²) < 4.78 is 0. The maximum atomic E-state index is 11.4. The van der Waals surface area contributed by atoms with E-state index in [2.05, 4.69) is 33.7 Å². The Morgan fingerprint density at radius 1 is 1.39 bits per heavy atom. The molecule has 18 heavy (non-hydrogen) atoms. The van der Waals surface area contributed by atoms with Gasteiger partial charge in [0.05, 0.1) is 6.54 Å². The average Bonchev–Trinajstić information content (AvgIpc) is 2.83. The van der Waals surface area contributed by atoms with Gasteiger partial charge in [-0.25, -0.2) is 4.98 Å². The van der Waals surface area contributed by atoms with Gasteiger partial charge in [-0.15, -0.1) is 11.3 Å². The molecule has 0 amide bonds. The van der Waals surface area contributed by atoms with Crippen LogP contribution in [-0.2, 0) is 19.4 Å². The van der Waals surface area contributed by atoms with Crippen molar-refractivity contribution in [2.45, 2.75) is 33.2 Å². The molecule has 0 aliphatic heterocycles. The van der Waals surface area contributed by atoms with Crippen molar-refractivity contribution in [3.63, 3.8) is 0 Å². The Kier molecular flexibility index (Phi) is 4.15. The lowest BCUT2D eigenvalue weighted by Crippen LogP contribution is -2.13. The molecule has 2 N–H and O–H groups in total. The third-order valence-electron chi connectivity index (χ3n) is 2.77. The summed E-state index contributed by atoms with van der Waals surface area (Å²) in [5.74, 6) is 1.36. The molecule has 0 aliphatic rings. The molecule has 2 heterocycles. The fourth-order valence-corrected chi connectivity index (χ4v) is 2.69. The van der Waals surface area contributed by atoms with Crippen molar-refractivity contribution in [3.05, 3.63) is 44.1 Å². The minimum absolute atomic E-state index is 0.105. The third kappa shape index (κ3) is 2.98. The van der Waals surface area contributed by atoms with Crippen LogP contribution < -0.4 is 10.9 Å². The van der Waals surface area contributed by atoms with Crippen LogP contribution in [0.3, 0.4) is 0 Å². The predicted molar refractivity (Wildman–Crippen MR) is 75.3 cm³/mol. The number of hydrogen-bond acceptors (Lipinski definition) is 4. The van der Waals surface area contributed by atoms with Gasteiger partial charge in [-0.2, -0.15) is 0 Å². The van der Waals surface area contributed by atoms with E-state index in [9.17, 15) is 4.79 Å². The SMILES string of the molecule is CCc1nc(NCc2sccc2CC)cc(=O)[nH]1.